The Hall–Kier alpha value is -3.16. The summed E-state index contributed by atoms with van der Waals surface area (Å²) in [6, 6.07) is 8.38. The van der Waals surface area contributed by atoms with Crippen LogP contribution in [-0.2, 0) is 0 Å². The highest BCUT2D eigenvalue weighted by molar-refractivity contribution is 5.96. The molecule has 21 heavy (non-hydrogen) atoms. The summed E-state index contributed by atoms with van der Waals surface area (Å²) in [5.41, 5.74) is 1.78. The summed E-state index contributed by atoms with van der Waals surface area (Å²) in [7, 11) is 0. The van der Waals surface area contributed by atoms with E-state index in [1.54, 1.807) is 18.2 Å². The third kappa shape index (κ3) is 1.69. The van der Waals surface area contributed by atoms with Crippen molar-refractivity contribution in [3.63, 3.8) is 0 Å². The lowest BCUT2D eigenvalue weighted by Crippen LogP contribution is -1.93. The van der Waals surface area contributed by atoms with Crippen molar-refractivity contribution in [2.24, 2.45) is 0 Å². The van der Waals surface area contributed by atoms with Gasteiger partial charge in [0, 0.05) is 11.6 Å². The van der Waals surface area contributed by atoms with Crippen LogP contribution in [0.2, 0.25) is 0 Å². The molecule has 0 N–H and O–H groups in total. The largest absolute Gasteiger partial charge is 0.454 e. The van der Waals surface area contributed by atoms with Crippen molar-refractivity contribution in [1.29, 1.82) is 0 Å². The Morgan fingerprint density at radius 2 is 1.86 bits per heavy atom. The first-order valence-electron chi connectivity index (χ1n) is 6.04. The first-order valence-corrected chi connectivity index (χ1v) is 6.04. The van der Waals surface area contributed by atoms with Crippen molar-refractivity contribution in [2.75, 3.05) is 6.79 Å². The Morgan fingerprint density at radius 3 is 2.71 bits per heavy atom. The Kier molecular flexibility index (Phi) is 2.31. The topological polar surface area (TPSA) is 101 Å². The number of nitrogens with zero attached hydrogens (tertiary/aromatic N) is 3. The van der Waals surface area contributed by atoms with E-state index in [0.29, 0.717) is 22.6 Å². The predicted octanol–water partition coefficient (Wildman–Crippen LogP) is 2.53. The average Bonchev–Trinajstić information content (AvgIpc) is 3.14. The van der Waals surface area contributed by atoms with E-state index in [9.17, 15) is 10.1 Å². The number of fused-ring (bicyclic) bond motifs is 2. The Morgan fingerprint density at radius 1 is 1.05 bits per heavy atom. The van der Waals surface area contributed by atoms with Gasteiger partial charge >= 0.3 is 5.69 Å². The zero-order chi connectivity index (χ0) is 14.4. The van der Waals surface area contributed by atoms with Crippen molar-refractivity contribution in [1.82, 2.24) is 10.3 Å². The molecule has 3 aromatic rings. The molecular formula is C13H7N3O5. The molecule has 0 radical (unpaired) electrons. The second kappa shape index (κ2) is 4.17. The fourth-order valence-electron chi connectivity index (χ4n) is 2.30. The van der Waals surface area contributed by atoms with Crippen LogP contribution < -0.4 is 9.47 Å². The summed E-state index contributed by atoms with van der Waals surface area (Å²) >= 11 is 0. The van der Waals surface area contributed by atoms with E-state index in [1.165, 1.54) is 6.07 Å². The van der Waals surface area contributed by atoms with E-state index >= 15 is 0 Å². The van der Waals surface area contributed by atoms with Crippen molar-refractivity contribution in [3.8, 4) is 22.6 Å². The zero-order valence-electron chi connectivity index (χ0n) is 10.5. The molecule has 0 amide bonds. The minimum atomic E-state index is -0.518. The number of hydrogen-bond acceptors (Lipinski definition) is 7. The molecule has 0 atom stereocenters. The van der Waals surface area contributed by atoms with Gasteiger partial charge in [-0.15, -0.1) is 0 Å². The van der Waals surface area contributed by atoms with Gasteiger partial charge < -0.3 is 9.47 Å². The molecule has 1 aliphatic heterocycles. The third-order valence-corrected chi connectivity index (χ3v) is 3.27. The summed E-state index contributed by atoms with van der Waals surface area (Å²) in [6.07, 6.45) is 0. The van der Waals surface area contributed by atoms with Gasteiger partial charge in [0.1, 0.15) is 5.52 Å². The summed E-state index contributed by atoms with van der Waals surface area (Å²) < 4.78 is 15.2. The second-order valence-corrected chi connectivity index (χ2v) is 4.42. The van der Waals surface area contributed by atoms with Gasteiger partial charge in [0.2, 0.25) is 12.3 Å². The summed E-state index contributed by atoms with van der Waals surface area (Å²) in [6.45, 7) is 0.181. The number of ether oxygens (including phenoxy) is 2. The first-order chi connectivity index (χ1) is 10.2. The lowest BCUT2D eigenvalue weighted by molar-refractivity contribution is -0.383. The fourth-order valence-corrected chi connectivity index (χ4v) is 2.30. The van der Waals surface area contributed by atoms with Crippen LogP contribution in [0.3, 0.4) is 0 Å². The second-order valence-electron chi connectivity index (χ2n) is 4.42. The Labute approximate surface area is 117 Å². The van der Waals surface area contributed by atoms with Gasteiger partial charge in [-0.1, -0.05) is 6.07 Å². The standard InChI is InChI=1S/C13H7N3O5/c17-16(18)9-3-2-8(12-13(9)15-21-14-12)7-1-4-10-11(5-7)20-6-19-10/h1-5H,6H2. The number of rotatable bonds is 2. The molecule has 0 saturated carbocycles. The van der Waals surface area contributed by atoms with Crippen LogP contribution in [0, 0.1) is 10.1 Å². The van der Waals surface area contributed by atoms with Crippen molar-refractivity contribution in [3.05, 3.63) is 40.4 Å². The van der Waals surface area contributed by atoms with Crippen LogP contribution in [0.1, 0.15) is 0 Å². The summed E-state index contributed by atoms with van der Waals surface area (Å²) in [4.78, 5) is 10.5. The molecule has 0 aliphatic carbocycles. The molecule has 2 heterocycles. The molecule has 1 aliphatic rings. The van der Waals surface area contributed by atoms with Crippen LogP contribution in [0.25, 0.3) is 22.2 Å². The van der Waals surface area contributed by atoms with Gasteiger partial charge in [0.05, 0.1) is 4.92 Å². The van der Waals surface area contributed by atoms with E-state index in [4.69, 9.17) is 9.47 Å². The van der Waals surface area contributed by atoms with Crippen LogP contribution in [0.4, 0.5) is 5.69 Å². The predicted molar refractivity (Wildman–Crippen MR) is 70.0 cm³/mol. The van der Waals surface area contributed by atoms with Crippen molar-refractivity contribution in [2.45, 2.75) is 0 Å². The van der Waals surface area contributed by atoms with Crippen LogP contribution >= 0.6 is 0 Å². The number of hydrogen-bond donors (Lipinski definition) is 0. The lowest BCUT2D eigenvalue weighted by atomic mass is 10.0. The molecule has 2 aromatic carbocycles. The molecule has 104 valence electrons. The molecule has 0 bridgehead atoms. The fraction of sp³-hybridized carbons (Fsp3) is 0.0769. The average molecular weight is 285 g/mol. The summed E-state index contributed by atoms with van der Waals surface area (Å²) in [5, 5.41) is 18.4. The van der Waals surface area contributed by atoms with Gasteiger partial charge in [-0.25, -0.2) is 4.63 Å². The van der Waals surface area contributed by atoms with Gasteiger partial charge in [-0.05, 0) is 34.1 Å². The minimum absolute atomic E-state index is 0.121. The van der Waals surface area contributed by atoms with Gasteiger partial charge in [-0.2, -0.15) is 0 Å². The number of nitro groups is 1. The number of benzene rings is 2. The molecule has 0 fully saturated rings. The lowest BCUT2D eigenvalue weighted by Gasteiger charge is -2.03. The van der Waals surface area contributed by atoms with E-state index in [1.807, 2.05) is 6.07 Å². The highest BCUT2D eigenvalue weighted by Crippen LogP contribution is 2.38. The van der Waals surface area contributed by atoms with Crippen molar-refractivity contribution >= 4 is 16.7 Å². The molecule has 1 aromatic heterocycles. The summed E-state index contributed by atoms with van der Waals surface area (Å²) in [5.74, 6) is 1.28. The number of aromatic nitrogens is 2. The van der Waals surface area contributed by atoms with Gasteiger partial charge in [0.15, 0.2) is 11.5 Å². The van der Waals surface area contributed by atoms with E-state index in [-0.39, 0.29) is 18.0 Å². The maximum atomic E-state index is 11.0. The van der Waals surface area contributed by atoms with E-state index in [0.717, 1.165) is 5.56 Å². The third-order valence-electron chi connectivity index (χ3n) is 3.27. The Bertz CT molecular complexity index is 873. The maximum absolute atomic E-state index is 11.0. The van der Waals surface area contributed by atoms with Crippen LogP contribution in [-0.4, -0.2) is 22.0 Å². The van der Waals surface area contributed by atoms with Crippen molar-refractivity contribution < 1.29 is 19.0 Å². The number of nitro benzene ring substituents is 1. The highest BCUT2D eigenvalue weighted by Gasteiger charge is 2.21. The molecule has 8 heteroatoms. The first kappa shape index (κ1) is 11.6. The molecule has 0 unspecified atom stereocenters. The minimum Gasteiger partial charge on any atom is -0.454 e. The van der Waals surface area contributed by atoms with Gasteiger partial charge in [0.25, 0.3) is 0 Å². The maximum Gasteiger partial charge on any atom is 0.300 e. The molecule has 8 nitrogen and oxygen atoms in total. The Balaban J connectivity index is 1.93. The number of non-ortho nitro benzene ring substituents is 1. The highest BCUT2D eigenvalue weighted by atomic mass is 16.7. The quantitative estimate of drug-likeness (QED) is 0.526. The van der Waals surface area contributed by atoms with Crippen LogP contribution in [0.15, 0.2) is 35.0 Å². The monoisotopic (exact) mass is 285 g/mol. The zero-order valence-corrected chi connectivity index (χ0v) is 10.5. The van der Waals surface area contributed by atoms with E-state index < -0.39 is 4.92 Å². The molecule has 4 rings (SSSR count). The van der Waals surface area contributed by atoms with Crippen LogP contribution in [0.5, 0.6) is 11.5 Å². The molecular weight excluding hydrogens is 278 g/mol. The smallest absolute Gasteiger partial charge is 0.300 e. The molecule has 0 saturated heterocycles. The van der Waals surface area contributed by atoms with Gasteiger partial charge in [-0.3, -0.25) is 10.1 Å². The van der Waals surface area contributed by atoms with E-state index in [2.05, 4.69) is 14.9 Å². The SMILES string of the molecule is O=[N+]([O-])c1ccc(-c2ccc3c(c2)OCO3)c2nonc12. The normalized spacial score (nSPS) is 12.8. The molecule has 0 spiro atoms.